The Bertz CT molecular complexity index is 1030. The van der Waals surface area contributed by atoms with E-state index in [2.05, 4.69) is 4.98 Å². The fourth-order valence-corrected chi connectivity index (χ4v) is 2.50. The summed E-state index contributed by atoms with van der Waals surface area (Å²) in [6, 6.07) is 13.6. The van der Waals surface area contributed by atoms with Gasteiger partial charge in [0.25, 0.3) is 0 Å². The Hall–Kier alpha value is -3.66. The highest BCUT2D eigenvalue weighted by molar-refractivity contribution is 5.92. The van der Waals surface area contributed by atoms with Crippen LogP contribution in [0.4, 0.5) is 5.69 Å². The third kappa shape index (κ3) is 2.46. The van der Waals surface area contributed by atoms with Crippen LogP contribution in [0.15, 0.2) is 42.5 Å². The molecule has 0 aliphatic rings. The van der Waals surface area contributed by atoms with Crippen LogP contribution < -0.4 is 0 Å². The van der Waals surface area contributed by atoms with Crippen molar-refractivity contribution in [3.63, 3.8) is 0 Å². The number of aromatic nitrogens is 2. The van der Waals surface area contributed by atoms with Gasteiger partial charge in [0.15, 0.2) is 5.82 Å². The van der Waals surface area contributed by atoms with E-state index >= 15 is 0 Å². The maximum Gasteiger partial charge on any atom is 0.311 e. The van der Waals surface area contributed by atoms with E-state index in [4.69, 9.17) is 0 Å². The molecule has 7 heteroatoms. The minimum Gasteiger partial charge on any atom is -0.502 e. The molecule has 0 bridgehead atoms. The van der Waals surface area contributed by atoms with Crippen LogP contribution in [0.2, 0.25) is 0 Å². The van der Waals surface area contributed by atoms with E-state index in [-0.39, 0.29) is 11.1 Å². The largest absolute Gasteiger partial charge is 0.502 e. The fraction of sp³-hybridized carbons (Fsp3) is 0.0588. The number of phenols is 1. The van der Waals surface area contributed by atoms with Crippen LogP contribution in [0.3, 0.4) is 0 Å². The lowest BCUT2D eigenvalue weighted by Gasteiger charge is -2.03. The summed E-state index contributed by atoms with van der Waals surface area (Å²) in [6.45, 7) is 0. The number of nitro benzene ring substituents is 1. The summed E-state index contributed by atoms with van der Waals surface area (Å²) >= 11 is 0. The Morgan fingerprint density at radius 1 is 1.33 bits per heavy atom. The number of benzene rings is 2. The molecule has 7 nitrogen and oxygen atoms in total. The lowest BCUT2D eigenvalue weighted by atomic mass is 10.1. The zero-order valence-corrected chi connectivity index (χ0v) is 12.7. The van der Waals surface area contributed by atoms with Crippen LogP contribution in [0.1, 0.15) is 11.4 Å². The van der Waals surface area contributed by atoms with Gasteiger partial charge in [-0.1, -0.05) is 24.3 Å². The Labute approximate surface area is 136 Å². The van der Waals surface area contributed by atoms with Gasteiger partial charge in [0.1, 0.15) is 6.07 Å². The molecule has 2 aromatic carbocycles. The SMILES string of the molecule is Cn1c(C(C#N)=Cc2cccc([N+](=O)[O-])c2O)nc2ccccc21. The molecule has 0 radical (unpaired) electrons. The van der Waals surface area contributed by atoms with Crippen LogP contribution in [0.25, 0.3) is 22.7 Å². The van der Waals surface area contributed by atoms with Gasteiger partial charge in [-0.15, -0.1) is 0 Å². The molecule has 0 atom stereocenters. The summed E-state index contributed by atoms with van der Waals surface area (Å²) in [7, 11) is 1.78. The second kappa shape index (κ2) is 5.85. The number of aryl methyl sites for hydroxylation is 1. The average Bonchev–Trinajstić information content (AvgIpc) is 2.91. The normalized spacial score (nSPS) is 11.4. The van der Waals surface area contributed by atoms with E-state index in [0.29, 0.717) is 5.82 Å². The molecule has 1 aromatic heterocycles. The van der Waals surface area contributed by atoms with Gasteiger partial charge in [0, 0.05) is 18.7 Å². The number of nitro groups is 1. The number of nitrogens with zero attached hydrogens (tertiary/aromatic N) is 4. The van der Waals surface area contributed by atoms with Crippen molar-refractivity contribution in [2.24, 2.45) is 7.05 Å². The van der Waals surface area contributed by atoms with Crippen molar-refractivity contribution < 1.29 is 10.0 Å². The van der Waals surface area contributed by atoms with Crippen molar-refractivity contribution in [2.45, 2.75) is 0 Å². The number of phenolic OH excluding ortho intramolecular Hbond substituents is 1. The van der Waals surface area contributed by atoms with Crippen molar-refractivity contribution in [3.05, 3.63) is 64.0 Å². The van der Waals surface area contributed by atoms with Crippen LogP contribution in [-0.2, 0) is 7.05 Å². The van der Waals surface area contributed by atoms with Crippen LogP contribution in [-0.4, -0.2) is 19.6 Å². The highest BCUT2D eigenvalue weighted by atomic mass is 16.6. The number of allylic oxidation sites excluding steroid dienone is 1. The summed E-state index contributed by atoms with van der Waals surface area (Å²) in [4.78, 5) is 14.7. The summed E-state index contributed by atoms with van der Waals surface area (Å²) in [6.07, 6.45) is 1.39. The molecule has 0 saturated heterocycles. The summed E-state index contributed by atoms with van der Waals surface area (Å²) in [5.41, 5.74) is 1.57. The number of para-hydroxylation sites is 3. The second-order valence-electron chi connectivity index (χ2n) is 5.13. The number of hydrogen-bond acceptors (Lipinski definition) is 5. The van der Waals surface area contributed by atoms with E-state index in [1.165, 1.54) is 24.3 Å². The van der Waals surface area contributed by atoms with E-state index in [1.807, 2.05) is 30.3 Å². The van der Waals surface area contributed by atoms with Gasteiger partial charge in [0.2, 0.25) is 5.75 Å². The molecular weight excluding hydrogens is 308 g/mol. The van der Waals surface area contributed by atoms with E-state index < -0.39 is 16.4 Å². The highest BCUT2D eigenvalue weighted by Gasteiger charge is 2.17. The van der Waals surface area contributed by atoms with Crippen molar-refractivity contribution in [1.29, 1.82) is 5.26 Å². The van der Waals surface area contributed by atoms with Gasteiger partial charge in [-0.2, -0.15) is 5.26 Å². The standard InChI is InChI=1S/C17H12N4O3/c1-20-14-7-3-2-6-13(14)19-17(20)12(10-18)9-11-5-4-8-15(16(11)22)21(23)24/h2-9,22H,1H3. The summed E-state index contributed by atoms with van der Waals surface area (Å²) in [5.74, 6) is -0.0568. The Balaban J connectivity index is 2.17. The van der Waals surface area contributed by atoms with Gasteiger partial charge in [-0.05, 0) is 18.2 Å². The molecule has 1 heterocycles. The maximum atomic E-state index is 10.9. The van der Waals surface area contributed by atoms with Crippen molar-refractivity contribution in [3.8, 4) is 11.8 Å². The van der Waals surface area contributed by atoms with E-state index in [9.17, 15) is 20.5 Å². The lowest BCUT2D eigenvalue weighted by Crippen LogP contribution is -1.96. The van der Waals surface area contributed by atoms with Gasteiger partial charge >= 0.3 is 5.69 Å². The van der Waals surface area contributed by atoms with Gasteiger partial charge in [-0.25, -0.2) is 4.98 Å². The second-order valence-corrected chi connectivity index (χ2v) is 5.13. The first kappa shape index (κ1) is 15.2. The molecule has 0 saturated carbocycles. The molecule has 1 N–H and O–H groups in total. The maximum absolute atomic E-state index is 10.9. The first-order valence-corrected chi connectivity index (χ1v) is 7.03. The number of imidazole rings is 1. The smallest absolute Gasteiger partial charge is 0.311 e. The first-order chi connectivity index (χ1) is 11.5. The van der Waals surface area contributed by atoms with E-state index in [1.54, 1.807) is 11.6 Å². The number of nitriles is 1. The van der Waals surface area contributed by atoms with Crippen molar-refractivity contribution in [2.75, 3.05) is 0 Å². The van der Waals surface area contributed by atoms with Crippen LogP contribution >= 0.6 is 0 Å². The molecule has 3 aromatic rings. The topological polar surface area (TPSA) is 105 Å². The van der Waals surface area contributed by atoms with Crippen molar-refractivity contribution in [1.82, 2.24) is 9.55 Å². The predicted molar refractivity (Wildman–Crippen MR) is 89.0 cm³/mol. The monoisotopic (exact) mass is 320 g/mol. The highest BCUT2D eigenvalue weighted by Crippen LogP contribution is 2.32. The number of fused-ring (bicyclic) bond motifs is 1. The number of aromatic hydroxyl groups is 1. The zero-order chi connectivity index (χ0) is 17.3. The first-order valence-electron chi connectivity index (χ1n) is 7.03. The van der Waals surface area contributed by atoms with Crippen LogP contribution in [0, 0.1) is 21.4 Å². The lowest BCUT2D eigenvalue weighted by molar-refractivity contribution is -0.385. The number of hydrogen-bond donors (Lipinski definition) is 1. The minimum atomic E-state index is -0.673. The number of rotatable bonds is 3. The van der Waals surface area contributed by atoms with Crippen LogP contribution in [0.5, 0.6) is 5.75 Å². The molecular formula is C17H12N4O3. The molecule has 118 valence electrons. The quantitative estimate of drug-likeness (QED) is 0.453. The fourth-order valence-electron chi connectivity index (χ4n) is 2.50. The molecule has 3 rings (SSSR count). The van der Waals surface area contributed by atoms with E-state index in [0.717, 1.165) is 11.0 Å². The Morgan fingerprint density at radius 2 is 2.08 bits per heavy atom. The van der Waals surface area contributed by atoms with Gasteiger partial charge < -0.3 is 9.67 Å². The Morgan fingerprint density at radius 3 is 2.75 bits per heavy atom. The summed E-state index contributed by atoms with van der Waals surface area (Å²) in [5, 5.41) is 30.4. The molecule has 24 heavy (non-hydrogen) atoms. The Kier molecular flexibility index (Phi) is 3.72. The molecule has 0 spiro atoms. The zero-order valence-electron chi connectivity index (χ0n) is 12.7. The van der Waals surface area contributed by atoms with Crippen molar-refractivity contribution >= 4 is 28.4 Å². The predicted octanol–water partition coefficient (Wildman–Crippen LogP) is 3.25. The molecule has 0 aliphatic heterocycles. The third-order valence-corrected chi connectivity index (χ3v) is 3.69. The van der Waals surface area contributed by atoms with Gasteiger partial charge in [-0.3, -0.25) is 10.1 Å². The third-order valence-electron chi connectivity index (χ3n) is 3.69. The molecule has 0 fully saturated rings. The van der Waals surface area contributed by atoms with Gasteiger partial charge in [0.05, 0.1) is 21.5 Å². The molecule has 0 amide bonds. The average molecular weight is 320 g/mol. The molecule has 0 aliphatic carbocycles. The minimum absolute atomic E-state index is 0.188. The molecule has 0 unspecified atom stereocenters. The summed E-state index contributed by atoms with van der Waals surface area (Å²) < 4.78 is 1.76.